The zero-order valence-electron chi connectivity index (χ0n) is 16.5. The molecule has 1 amide bonds. The minimum atomic E-state index is -0.481. The van der Waals surface area contributed by atoms with Gasteiger partial charge in [0, 0.05) is 15.7 Å². The number of aromatic nitrogens is 2. The summed E-state index contributed by atoms with van der Waals surface area (Å²) in [6.07, 6.45) is 1.29. The number of anilines is 1. The summed E-state index contributed by atoms with van der Waals surface area (Å²) in [4.78, 5) is 42.6. The molecule has 10 heteroatoms. The number of hydrogen-bond acceptors (Lipinski definition) is 6. The molecule has 0 bridgehead atoms. The number of halogens is 2. The van der Waals surface area contributed by atoms with Gasteiger partial charge in [-0.25, -0.2) is 9.78 Å². The van der Waals surface area contributed by atoms with Crippen molar-refractivity contribution in [3.05, 3.63) is 55.4 Å². The third-order valence-corrected chi connectivity index (χ3v) is 5.73. The molecule has 1 aromatic carbocycles. The first-order valence-corrected chi connectivity index (χ1v) is 10.6. The second-order valence-corrected chi connectivity index (χ2v) is 8.98. The van der Waals surface area contributed by atoms with E-state index < -0.39 is 17.4 Å². The number of nitrogens with one attached hydrogen (secondary N) is 1. The lowest BCUT2D eigenvalue weighted by atomic mass is 10.2. The van der Waals surface area contributed by atoms with Crippen LogP contribution in [0.15, 0.2) is 29.3 Å². The highest BCUT2D eigenvalue weighted by molar-refractivity contribution is 7.20. The number of thiophene rings is 1. The number of carbonyl (C=O) groups is 2. The Morgan fingerprint density at radius 2 is 1.90 bits per heavy atom. The van der Waals surface area contributed by atoms with E-state index in [2.05, 4.69) is 10.3 Å². The summed E-state index contributed by atoms with van der Waals surface area (Å²) in [6, 6.07) is 4.64. The van der Waals surface area contributed by atoms with Gasteiger partial charge in [0.1, 0.15) is 16.3 Å². The molecular weight excluding hydrogens is 449 g/mol. The van der Waals surface area contributed by atoms with Gasteiger partial charge in [-0.05, 0) is 36.6 Å². The lowest BCUT2D eigenvalue weighted by molar-refractivity contribution is -0.116. The second-order valence-electron chi connectivity index (χ2n) is 7.11. The lowest BCUT2D eigenvalue weighted by Crippen LogP contribution is -2.27. The van der Waals surface area contributed by atoms with Crippen molar-refractivity contribution in [3.8, 4) is 0 Å². The molecule has 0 unspecified atom stereocenters. The van der Waals surface area contributed by atoms with Gasteiger partial charge < -0.3 is 10.1 Å². The Balaban J connectivity index is 1.84. The van der Waals surface area contributed by atoms with Crippen LogP contribution < -0.4 is 10.9 Å². The summed E-state index contributed by atoms with van der Waals surface area (Å²) in [5.74, 6) is -0.723. The van der Waals surface area contributed by atoms with Crippen molar-refractivity contribution < 1.29 is 14.3 Å². The third kappa shape index (κ3) is 5.00. The maximum Gasteiger partial charge on any atom is 0.348 e. The number of rotatable bonds is 6. The molecule has 2 aromatic heterocycles. The monoisotopic (exact) mass is 467 g/mol. The molecule has 158 valence electrons. The average Bonchev–Trinajstić information content (AvgIpc) is 2.98. The fraction of sp³-hybridized carbons (Fsp3) is 0.300. The summed E-state index contributed by atoms with van der Waals surface area (Å²) in [5, 5.41) is 3.71. The molecule has 1 N–H and O–H groups in total. The molecule has 0 aliphatic carbocycles. The third-order valence-electron chi connectivity index (χ3n) is 4.11. The molecule has 0 saturated heterocycles. The highest BCUT2D eigenvalue weighted by Crippen LogP contribution is 2.27. The maximum absolute atomic E-state index is 12.9. The Hall–Kier alpha value is -2.42. The van der Waals surface area contributed by atoms with Crippen molar-refractivity contribution in [2.45, 2.75) is 27.3 Å². The number of esters is 1. The van der Waals surface area contributed by atoms with Crippen LogP contribution in [-0.4, -0.2) is 28.0 Å². The van der Waals surface area contributed by atoms with E-state index in [0.29, 0.717) is 36.4 Å². The number of amides is 1. The lowest BCUT2D eigenvalue weighted by Gasteiger charge is -2.08. The van der Waals surface area contributed by atoms with E-state index in [1.807, 2.05) is 13.8 Å². The van der Waals surface area contributed by atoms with Gasteiger partial charge in [0.05, 0.1) is 18.3 Å². The minimum absolute atomic E-state index is 0.201. The predicted molar refractivity (Wildman–Crippen MR) is 119 cm³/mol. The topological polar surface area (TPSA) is 90.3 Å². The SMILES string of the molecule is Cc1c(C(=O)OCC(C)C)sc2ncn(CC(=O)Nc3cc(Cl)cc(Cl)c3)c(=O)c12. The van der Waals surface area contributed by atoms with Crippen LogP contribution in [-0.2, 0) is 16.1 Å². The summed E-state index contributed by atoms with van der Waals surface area (Å²) < 4.78 is 6.46. The Kier molecular flexibility index (Phi) is 6.80. The zero-order valence-corrected chi connectivity index (χ0v) is 18.8. The Morgan fingerprint density at radius 1 is 1.23 bits per heavy atom. The van der Waals surface area contributed by atoms with Crippen molar-refractivity contribution in [1.82, 2.24) is 9.55 Å². The Labute approximate surface area is 186 Å². The Morgan fingerprint density at radius 3 is 2.53 bits per heavy atom. The number of fused-ring (bicyclic) bond motifs is 1. The van der Waals surface area contributed by atoms with Crippen molar-refractivity contribution in [1.29, 1.82) is 0 Å². The van der Waals surface area contributed by atoms with E-state index in [1.54, 1.807) is 25.1 Å². The van der Waals surface area contributed by atoms with Gasteiger partial charge >= 0.3 is 5.97 Å². The molecule has 0 spiro atoms. The van der Waals surface area contributed by atoms with Crippen molar-refractivity contribution >= 4 is 62.3 Å². The van der Waals surface area contributed by atoms with Crippen molar-refractivity contribution in [3.63, 3.8) is 0 Å². The van der Waals surface area contributed by atoms with Crippen LogP contribution >= 0.6 is 34.5 Å². The van der Waals surface area contributed by atoms with E-state index in [-0.39, 0.29) is 19.1 Å². The number of nitrogens with zero attached hydrogens (tertiary/aromatic N) is 2. The van der Waals surface area contributed by atoms with E-state index >= 15 is 0 Å². The minimum Gasteiger partial charge on any atom is -0.461 e. The van der Waals surface area contributed by atoms with Crippen LogP contribution in [0.25, 0.3) is 10.2 Å². The summed E-state index contributed by atoms with van der Waals surface area (Å²) in [7, 11) is 0. The summed E-state index contributed by atoms with van der Waals surface area (Å²) >= 11 is 13.0. The second kappa shape index (κ2) is 9.16. The molecule has 30 heavy (non-hydrogen) atoms. The van der Waals surface area contributed by atoms with Crippen LogP contribution in [0.3, 0.4) is 0 Å². The quantitative estimate of drug-likeness (QED) is 0.537. The number of aryl methyl sites for hydroxylation is 1. The molecule has 2 heterocycles. The molecule has 0 atom stereocenters. The van der Waals surface area contributed by atoms with E-state index in [9.17, 15) is 14.4 Å². The first-order valence-electron chi connectivity index (χ1n) is 9.07. The van der Waals surface area contributed by atoms with E-state index in [4.69, 9.17) is 27.9 Å². The number of hydrogen-bond donors (Lipinski definition) is 1. The van der Waals surface area contributed by atoms with Gasteiger partial charge in [-0.3, -0.25) is 14.2 Å². The van der Waals surface area contributed by atoms with Crippen LogP contribution in [0, 0.1) is 12.8 Å². The molecule has 3 rings (SSSR count). The normalized spacial score (nSPS) is 11.1. The molecule has 0 saturated carbocycles. The molecule has 0 fully saturated rings. The van der Waals surface area contributed by atoms with Crippen molar-refractivity contribution in [2.75, 3.05) is 11.9 Å². The van der Waals surface area contributed by atoms with E-state index in [1.165, 1.54) is 10.9 Å². The van der Waals surface area contributed by atoms with Gasteiger partial charge in [0.25, 0.3) is 5.56 Å². The van der Waals surface area contributed by atoms with Gasteiger partial charge in [-0.1, -0.05) is 37.0 Å². The van der Waals surface area contributed by atoms with Crippen LogP contribution in [0.2, 0.25) is 10.0 Å². The Bertz CT molecular complexity index is 1170. The molecule has 3 aromatic rings. The molecule has 0 aliphatic rings. The van der Waals surface area contributed by atoms with Gasteiger partial charge in [0.2, 0.25) is 5.91 Å². The standard InChI is InChI=1S/C20H19Cl2N3O4S/c1-10(2)8-29-20(28)17-11(3)16-18(30-17)23-9-25(19(16)27)7-15(26)24-14-5-12(21)4-13(22)6-14/h4-6,9-10H,7-8H2,1-3H3,(H,24,26). The maximum atomic E-state index is 12.9. The summed E-state index contributed by atoms with van der Waals surface area (Å²) in [6.45, 7) is 5.58. The largest absolute Gasteiger partial charge is 0.461 e. The van der Waals surface area contributed by atoms with Crippen LogP contribution in [0.1, 0.15) is 29.1 Å². The van der Waals surface area contributed by atoms with Gasteiger partial charge in [-0.2, -0.15) is 0 Å². The summed E-state index contributed by atoms with van der Waals surface area (Å²) in [5.41, 5.74) is 0.509. The fourth-order valence-corrected chi connectivity index (χ4v) is 4.31. The van der Waals surface area contributed by atoms with Crippen LogP contribution in [0.4, 0.5) is 5.69 Å². The number of ether oxygens (including phenoxy) is 1. The zero-order chi connectivity index (χ0) is 22.0. The molecular formula is C20H19Cl2N3O4S. The molecule has 7 nitrogen and oxygen atoms in total. The fourth-order valence-electron chi connectivity index (χ4n) is 2.76. The predicted octanol–water partition coefficient (Wildman–Crippen LogP) is 4.52. The van der Waals surface area contributed by atoms with Gasteiger partial charge in [-0.15, -0.1) is 11.3 Å². The first kappa shape index (κ1) is 22.3. The van der Waals surface area contributed by atoms with Crippen LogP contribution in [0.5, 0.6) is 0 Å². The number of benzene rings is 1. The first-order chi connectivity index (χ1) is 14.2. The number of carbonyl (C=O) groups excluding carboxylic acids is 2. The highest BCUT2D eigenvalue weighted by atomic mass is 35.5. The van der Waals surface area contributed by atoms with E-state index in [0.717, 1.165) is 11.3 Å². The highest BCUT2D eigenvalue weighted by Gasteiger charge is 2.21. The molecule has 0 aliphatic heterocycles. The van der Waals surface area contributed by atoms with Gasteiger partial charge in [0.15, 0.2) is 0 Å². The average molecular weight is 468 g/mol. The smallest absolute Gasteiger partial charge is 0.348 e. The van der Waals surface area contributed by atoms with Crippen molar-refractivity contribution in [2.24, 2.45) is 5.92 Å². The molecule has 0 radical (unpaired) electrons.